The van der Waals surface area contributed by atoms with Crippen LogP contribution in [-0.4, -0.2) is 40.0 Å². The first-order valence-corrected chi connectivity index (χ1v) is 11.8. The van der Waals surface area contributed by atoms with E-state index in [1.165, 1.54) is 23.9 Å². The molecule has 0 spiro atoms. The maximum Gasteiger partial charge on any atom is 0.269 e. The topological polar surface area (TPSA) is 92.6 Å². The van der Waals surface area contributed by atoms with Crippen LogP contribution in [0.4, 0.5) is 5.69 Å². The fourth-order valence-electron chi connectivity index (χ4n) is 2.87. The summed E-state index contributed by atoms with van der Waals surface area (Å²) in [6.07, 6.45) is 0. The van der Waals surface area contributed by atoms with Crippen LogP contribution in [0, 0.1) is 16.0 Å². The normalized spacial score (nSPS) is 11.8. The lowest BCUT2D eigenvalue weighted by Gasteiger charge is -2.29. The second-order valence-electron chi connectivity index (χ2n) is 7.88. The van der Waals surface area contributed by atoms with Crippen molar-refractivity contribution in [3.05, 3.63) is 74.8 Å². The number of nitro groups is 1. The van der Waals surface area contributed by atoms with Gasteiger partial charge >= 0.3 is 0 Å². The first-order valence-electron chi connectivity index (χ1n) is 10.3. The molecule has 32 heavy (non-hydrogen) atoms. The molecule has 0 aromatic heterocycles. The number of hydrogen-bond donors (Lipinski definition) is 1. The third kappa shape index (κ3) is 8.16. The van der Waals surface area contributed by atoms with Crippen LogP contribution in [0.5, 0.6) is 0 Å². The quantitative estimate of drug-likeness (QED) is 0.375. The van der Waals surface area contributed by atoms with E-state index in [1.807, 2.05) is 26.0 Å². The first-order chi connectivity index (χ1) is 15.2. The van der Waals surface area contributed by atoms with Crippen LogP contribution in [0.3, 0.4) is 0 Å². The fraction of sp³-hybridized carbons (Fsp3) is 0.391. The van der Waals surface area contributed by atoms with Crippen molar-refractivity contribution in [1.82, 2.24) is 10.2 Å². The number of benzene rings is 2. The molecule has 0 aliphatic rings. The summed E-state index contributed by atoms with van der Waals surface area (Å²) in [5.41, 5.74) is 1.80. The lowest BCUT2D eigenvalue weighted by atomic mass is 10.1. The average molecular weight is 478 g/mol. The van der Waals surface area contributed by atoms with Gasteiger partial charge in [0.25, 0.3) is 5.69 Å². The SMILES string of the molecule is CC(C)CNC(=O)C(C)N(Cc1ccc(Cl)cc1)C(=O)CSCc1ccc([N+](=O)[O-])cc1. The van der Waals surface area contributed by atoms with Crippen LogP contribution in [0.25, 0.3) is 0 Å². The third-order valence-electron chi connectivity index (χ3n) is 4.76. The number of rotatable bonds is 11. The Morgan fingerprint density at radius 2 is 1.66 bits per heavy atom. The van der Waals surface area contributed by atoms with Gasteiger partial charge in [-0.05, 0) is 36.1 Å². The highest BCUT2D eigenvalue weighted by atomic mass is 35.5. The van der Waals surface area contributed by atoms with Crippen molar-refractivity contribution in [2.24, 2.45) is 5.92 Å². The van der Waals surface area contributed by atoms with Gasteiger partial charge in [-0.1, -0.05) is 49.7 Å². The van der Waals surface area contributed by atoms with E-state index < -0.39 is 11.0 Å². The molecule has 9 heteroatoms. The van der Waals surface area contributed by atoms with Gasteiger partial charge in [-0.3, -0.25) is 19.7 Å². The molecule has 0 radical (unpaired) electrons. The molecule has 172 valence electrons. The summed E-state index contributed by atoms with van der Waals surface area (Å²) in [4.78, 5) is 37.6. The van der Waals surface area contributed by atoms with Crippen molar-refractivity contribution < 1.29 is 14.5 Å². The number of non-ortho nitro benzene ring substituents is 1. The maximum atomic E-state index is 13.0. The smallest absolute Gasteiger partial charge is 0.269 e. The zero-order valence-corrected chi connectivity index (χ0v) is 20.0. The Bertz CT molecular complexity index is 920. The number of nitro benzene ring substituents is 1. The minimum absolute atomic E-state index is 0.0326. The Morgan fingerprint density at radius 1 is 1.06 bits per heavy atom. The number of halogens is 1. The molecule has 2 aromatic rings. The van der Waals surface area contributed by atoms with Crippen molar-refractivity contribution in [3.63, 3.8) is 0 Å². The van der Waals surface area contributed by atoms with Gasteiger partial charge in [0.15, 0.2) is 0 Å². The second kappa shape index (κ2) is 12.5. The summed E-state index contributed by atoms with van der Waals surface area (Å²) in [5.74, 6) is 0.683. The molecule has 0 bridgehead atoms. The monoisotopic (exact) mass is 477 g/mol. The molecule has 1 N–H and O–H groups in total. The lowest BCUT2D eigenvalue weighted by Crippen LogP contribution is -2.48. The third-order valence-corrected chi connectivity index (χ3v) is 6.00. The molecule has 0 aliphatic carbocycles. The Balaban J connectivity index is 2.03. The maximum absolute atomic E-state index is 13.0. The summed E-state index contributed by atoms with van der Waals surface area (Å²) in [6, 6.07) is 12.8. The van der Waals surface area contributed by atoms with Crippen LogP contribution in [0.15, 0.2) is 48.5 Å². The highest BCUT2D eigenvalue weighted by molar-refractivity contribution is 7.99. The van der Waals surface area contributed by atoms with Crippen molar-refractivity contribution in [2.75, 3.05) is 12.3 Å². The fourth-order valence-corrected chi connectivity index (χ4v) is 3.87. The summed E-state index contributed by atoms with van der Waals surface area (Å²) >= 11 is 7.37. The predicted octanol–water partition coefficient (Wildman–Crippen LogP) is 4.67. The molecular formula is C23H28ClN3O4S. The molecule has 0 fully saturated rings. The predicted molar refractivity (Wildman–Crippen MR) is 129 cm³/mol. The molecule has 2 aromatic carbocycles. The molecule has 0 heterocycles. The van der Waals surface area contributed by atoms with E-state index in [1.54, 1.807) is 36.1 Å². The van der Waals surface area contributed by atoms with E-state index in [2.05, 4.69) is 5.32 Å². The number of carbonyl (C=O) groups excluding carboxylic acids is 2. The minimum Gasteiger partial charge on any atom is -0.354 e. The Labute approximate surface area is 197 Å². The Morgan fingerprint density at radius 3 is 2.22 bits per heavy atom. The number of carbonyl (C=O) groups is 2. The summed E-state index contributed by atoms with van der Waals surface area (Å²) in [6.45, 7) is 6.59. The molecular weight excluding hydrogens is 450 g/mol. The molecule has 1 atom stereocenters. The zero-order valence-electron chi connectivity index (χ0n) is 18.4. The highest BCUT2D eigenvalue weighted by Gasteiger charge is 2.26. The van der Waals surface area contributed by atoms with E-state index in [9.17, 15) is 19.7 Å². The molecule has 2 rings (SSSR count). The molecule has 0 aliphatic heterocycles. The number of hydrogen-bond acceptors (Lipinski definition) is 5. The Kier molecular flexibility index (Phi) is 9.99. The van der Waals surface area contributed by atoms with Gasteiger partial charge in [-0.25, -0.2) is 0 Å². The lowest BCUT2D eigenvalue weighted by molar-refractivity contribution is -0.384. The van der Waals surface area contributed by atoms with Gasteiger partial charge in [-0.15, -0.1) is 11.8 Å². The molecule has 2 amide bonds. The van der Waals surface area contributed by atoms with E-state index in [0.717, 1.165) is 11.1 Å². The molecule has 0 saturated carbocycles. The van der Waals surface area contributed by atoms with Gasteiger partial charge in [0, 0.05) is 36.0 Å². The van der Waals surface area contributed by atoms with E-state index in [-0.39, 0.29) is 23.3 Å². The summed E-state index contributed by atoms with van der Waals surface area (Å²) in [5, 5.41) is 14.3. The van der Waals surface area contributed by atoms with Crippen molar-refractivity contribution in [3.8, 4) is 0 Å². The van der Waals surface area contributed by atoms with Crippen LogP contribution in [0.2, 0.25) is 5.02 Å². The van der Waals surface area contributed by atoms with Crippen molar-refractivity contribution in [1.29, 1.82) is 0 Å². The van der Waals surface area contributed by atoms with Gasteiger partial charge in [0.1, 0.15) is 6.04 Å². The van der Waals surface area contributed by atoms with E-state index in [4.69, 9.17) is 11.6 Å². The van der Waals surface area contributed by atoms with E-state index in [0.29, 0.717) is 29.8 Å². The summed E-state index contributed by atoms with van der Waals surface area (Å²) < 4.78 is 0. The van der Waals surface area contributed by atoms with Gasteiger partial charge in [0.2, 0.25) is 11.8 Å². The number of nitrogens with one attached hydrogen (secondary N) is 1. The first kappa shape index (κ1) is 25.7. The molecule has 0 saturated heterocycles. The van der Waals surface area contributed by atoms with Crippen LogP contribution in [0.1, 0.15) is 31.9 Å². The van der Waals surface area contributed by atoms with Crippen LogP contribution < -0.4 is 5.32 Å². The Hall–Kier alpha value is -2.58. The van der Waals surface area contributed by atoms with E-state index >= 15 is 0 Å². The standard InChI is InChI=1S/C23H28ClN3O4S/c1-16(2)12-25-23(29)17(3)26(13-18-4-8-20(24)9-5-18)22(28)15-32-14-19-6-10-21(11-7-19)27(30)31/h4-11,16-17H,12-15H2,1-3H3,(H,25,29). The largest absolute Gasteiger partial charge is 0.354 e. The van der Waals surface area contributed by atoms with Gasteiger partial charge in [-0.2, -0.15) is 0 Å². The van der Waals surface area contributed by atoms with Crippen LogP contribution in [-0.2, 0) is 21.9 Å². The highest BCUT2D eigenvalue weighted by Crippen LogP contribution is 2.19. The van der Waals surface area contributed by atoms with Gasteiger partial charge < -0.3 is 10.2 Å². The number of amides is 2. The molecule has 7 nitrogen and oxygen atoms in total. The minimum atomic E-state index is -0.628. The number of thioether (sulfide) groups is 1. The average Bonchev–Trinajstić information content (AvgIpc) is 2.76. The zero-order chi connectivity index (χ0) is 23.7. The second-order valence-corrected chi connectivity index (χ2v) is 9.30. The van der Waals surface area contributed by atoms with Crippen molar-refractivity contribution >= 4 is 40.9 Å². The molecule has 1 unspecified atom stereocenters. The van der Waals surface area contributed by atoms with Crippen molar-refractivity contribution in [2.45, 2.75) is 39.1 Å². The summed E-state index contributed by atoms with van der Waals surface area (Å²) in [7, 11) is 0. The van der Waals surface area contributed by atoms with Gasteiger partial charge in [0.05, 0.1) is 10.7 Å². The number of nitrogens with zero attached hydrogens (tertiary/aromatic N) is 2. The van der Waals surface area contributed by atoms with Crippen LogP contribution >= 0.6 is 23.4 Å².